The molecule has 1 heterocycles. The third-order valence-corrected chi connectivity index (χ3v) is 2.22. The lowest BCUT2D eigenvalue weighted by Crippen LogP contribution is -1.97. The van der Waals surface area contributed by atoms with Gasteiger partial charge in [0.05, 0.1) is 6.20 Å². The summed E-state index contributed by atoms with van der Waals surface area (Å²) in [5.41, 5.74) is 0.666. The van der Waals surface area contributed by atoms with E-state index in [0.717, 1.165) is 11.6 Å². The quantitative estimate of drug-likeness (QED) is 0.627. The molecule has 0 aliphatic rings. The molecule has 0 spiro atoms. The Morgan fingerprint density at radius 2 is 2.55 bits per heavy atom. The Kier molecular flexibility index (Phi) is 2.55. The predicted octanol–water partition coefficient (Wildman–Crippen LogP) is 1.50. The van der Waals surface area contributed by atoms with E-state index in [0.29, 0.717) is 5.56 Å². The standard InChI is InChI=1S/C7H9N3S/c1-3-10-7(11-2)6(4-8)5-9-10/h5H,3H2,1-2H3. The summed E-state index contributed by atoms with van der Waals surface area (Å²) in [4.78, 5) is 0. The summed E-state index contributed by atoms with van der Waals surface area (Å²) in [7, 11) is 0. The van der Waals surface area contributed by atoms with Crippen LogP contribution in [-0.4, -0.2) is 16.0 Å². The van der Waals surface area contributed by atoms with Crippen LogP contribution in [0.5, 0.6) is 0 Å². The van der Waals surface area contributed by atoms with Gasteiger partial charge in [0, 0.05) is 6.54 Å². The van der Waals surface area contributed by atoms with Crippen LogP contribution < -0.4 is 0 Å². The van der Waals surface area contributed by atoms with Gasteiger partial charge in [0.15, 0.2) is 0 Å². The number of hydrogen-bond donors (Lipinski definition) is 0. The monoisotopic (exact) mass is 167 g/mol. The lowest BCUT2D eigenvalue weighted by Gasteiger charge is -1.99. The van der Waals surface area contributed by atoms with Gasteiger partial charge < -0.3 is 0 Å². The normalized spacial score (nSPS) is 9.55. The van der Waals surface area contributed by atoms with E-state index in [2.05, 4.69) is 11.2 Å². The lowest BCUT2D eigenvalue weighted by atomic mass is 10.4. The van der Waals surface area contributed by atoms with Crippen LogP contribution in [0.1, 0.15) is 12.5 Å². The number of aryl methyl sites for hydroxylation is 1. The van der Waals surface area contributed by atoms with E-state index in [-0.39, 0.29) is 0 Å². The Morgan fingerprint density at radius 1 is 1.82 bits per heavy atom. The van der Waals surface area contributed by atoms with E-state index in [9.17, 15) is 0 Å². The molecule has 3 nitrogen and oxygen atoms in total. The minimum Gasteiger partial charge on any atom is -0.258 e. The molecule has 58 valence electrons. The summed E-state index contributed by atoms with van der Waals surface area (Å²) in [5.74, 6) is 0. The van der Waals surface area contributed by atoms with E-state index < -0.39 is 0 Å². The highest BCUT2D eigenvalue weighted by Crippen LogP contribution is 2.18. The molecular weight excluding hydrogens is 158 g/mol. The SMILES string of the molecule is CCn1ncc(C#N)c1SC. The van der Waals surface area contributed by atoms with Gasteiger partial charge in [-0.05, 0) is 13.2 Å². The van der Waals surface area contributed by atoms with Crippen molar-refractivity contribution in [3.63, 3.8) is 0 Å². The smallest absolute Gasteiger partial charge is 0.112 e. The number of hydrogen-bond acceptors (Lipinski definition) is 3. The van der Waals surface area contributed by atoms with Crippen molar-refractivity contribution in [3.8, 4) is 6.07 Å². The minimum absolute atomic E-state index is 0.666. The van der Waals surface area contributed by atoms with Crippen LogP contribution in [0.4, 0.5) is 0 Å². The molecule has 1 aromatic rings. The van der Waals surface area contributed by atoms with E-state index in [1.165, 1.54) is 0 Å². The molecule has 1 aromatic heterocycles. The molecule has 1 rings (SSSR count). The minimum atomic E-state index is 0.666. The molecule has 0 radical (unpaired) electrons. The van der Waals surface area contributed by atoms with Gasteiger partial charge in [-0.25, -0.2) is 0 Å². The molecule has 0 saturated carbocycles. The van der Waals surface area contributed by atoms with Gasteiger partial charge in [0.25, 0.3) is 0 Å². The lowest BCUT2D eigenvalue weighted by molar-refractivity contribution is 0.605. The Labute approximate surface area is 70.0 Å². The highest BCUT2D eigenvalue weighted by molar-refractivity contribution is 7.98. The fourth-order valence-corrected chi connectivity index (χ4v) is 1.60. The van der Waals surface area contributed by atoms with Crippen molar-refractivity contribution in [3.05, 3.63) is 11.8 Å². The first-order valence-electron chi connectivity index (χ1n) is 3.33. The maximum atomic E-state index is 8.64. The zero-order valence-electron chi connectivity index (χ0n) is 6.53. The Hall–Kier alpha value is -0.950. The van der Waals surface area contributed by atoms with E-state index in [1.807, 2.05) is 17.9 Å². The average Bonchev–Trinajstić information content (AvgIpc) is 2.45. The molecule has 0 bridgehead atoms. The van der Waals surface area contributed by atoms with Gasteiger partial charge in [-0.15, -0.1) is 11.8 Å². The third-order valence-electron chi connectivity index (χ3n) is 1.40. The Balaban J connectivity index is 3.12. The molecule has 4 heteroatoms. The van der Waals surface area contributed by atoms with E-state index in [1.54, 1.807) is 18.0 Å². The van der Waals surface area contributed by atoms with Crippen molar-refractivity contribution in [2.75, 3.05) is 6.26 Å². The second-order valence-corrected chi connectivity index (χ2v) is 2.79. The molecule has 0 aliphatic heterocycles. The Bertz CT molecular complexity index is 284. The number of aromatic nitrogens is 2. The zero-order chi connectivity index (χ0) is 8.27. The number of nitriles is 1. The highest BCUT2D eigenvalue weighted by atomic mass is 32.2. The van der Waals surface area contributed by atoms with Gasteiger partial charge in [0.2, 0.25) is 0 Å². The summed E-state index contributed by atoms with van der Waals surface area (Å²) in [6, 6.07) is 2.10. The first-order valence-corrected chi connectivity index (χ1v) is 4.55. The van der Waals surface area contributed by atoms with Gasteiger partial charge in [-0.2, -0.15) is 10.4 Å². The average molecular weight is 167 g/mol. The summed E-state index contributed by atoms with van der Waals surface area (Å²) in [6.45, 7) is 2.83. The fourth-order valence-electron chi connectivity index (χ4n) is 0.891. The van der Waals surface area contributed by atoms with Crippen LogP contribution in [0.15, 0.2) is 11.2 Å². The van der Waals surface area contributed by atoms with Gasteiger partial charge >= 0.3 is 0 Å². The van der Waals surface area contributed by atoms with Crippen LogP contribution >= 0.6 is 11.8 Å². The predicted molar refractivity (Wildman–Crippen MR) is 44.4 cm³/mol. The molecule has 0 aromatic carbocycles. The third kappa shape index (κ3) is 1.38. The van der Waals surface area contributed by atoms with E-state index >= 15 is 0 Å². The molecule has 11 heavy (non-hydrogen) atoms. The van der Waals surface area contributed by atoms with Crippen molar-refractivity contribution in [1.82, 2.24) is 9.78 Å². The number of thioether (sulfide) groups is 1. The first kappa shape index (κ1) is 8.15. The highest BCUT2D eigenvalue weighted by Gasteiger charge is 2.06. The molecule has 0 aliphatic carbocycles. The zero-order valence-corrected chi connectivity index (χ0v) is 7.35. The van der Waals surface area contributed by atoms with E-state index in [4.69, 9.17) is 5.26 Å². The molecule has 0 amide bonds. The van der Waals surface area contributed by atoms with Crippen molar-refractivity contribution in [2.24, 2.45) is 0 Å². The van der Waals surface area contributed by atoms with Gasteiger partial charge in [-0.1, -0.05) is 0 Å². The fraction of sp³-hybridized carbons (Fsp3) is 0.429. The molecule has 0 fully saturated rings. The summed E-state index contributed by atoms with van der Waals surface area (Å²) in [6.07, 6.45) is 3.55. The van der Waals surface area contributed by atoms with Gasteiger partial charge in [0.1, 0.15) is 16.7 Å². The summed E-state index contributed by atoms with van der Waals surface area (Å²) >= 11 is 1.56. The van der Waals surface area contributed by atoms with Crippen molar-refractivity contribution in [2.45, 2.75) is 18.5 Å². The van der Waals surface area contributed by atoms with Crippen LogP contribution in [0, 0.1) is 11.3 Å². The largest absolute Gasteiger partial charge is 0.258 e. The van der Waals surface area contributed by atoms with Crippen LogP contribution in [0.3, 0.4) is 0 Å². The summed E-state index contributed by atoms with van der Waals surface area (Å²) < 4.78 is 1.82. The van der Waals surface area contributed by atoms with Gasteiger partial charge in [-0.3, -0.25) is 4.68 Å². The maximum Gasteiger partial charge on any atom is 0.112 e. The topological polar surface area (TPSA) is 41.6 Å². The second kappa shape index (κ2) is 3.44. The summed E-state index contributed by atoms with van der Waals surface area (Å²) in [5, 5.41) is 13.6. The Morgan fingerprint density at radius 3 is 3.00 bits per heavy atom. The number of nitrogens with zero attached hydrogens (tertiary/aromatic N) is 3. The van der Waals surface area contributed by atoms with Crippen LogP contribution in [0.25, 0.3) is 0 Å². The van der Waals surface area contributed by atoms with Crippen molar-refractivity contribution in [1.29, 1.82) is 5.26 Å². The molecular formula is C7H9N3S. The van der Waals surface area contributed by atoms with Crippen LogP contribution in [-0.2, 0) is 6.54 Å². The molecule has 0 unspecified atom stereocenters. The van der Waals surface area contributed by atoms with Crippen molar-refractivity contribution >= 4 is 11.8 Å². The first-order chi connectivity index (χ1) is 5.33. The number of rotatable bonds is 2. The second-order valence-electron chi connectivity index (χ2n) is 2.00. The molecule has 0 saturated heterocycles. The maximum absolute atomic E-state index is 8.64. The molecule has 0 N–H and O–H groups in total. The van der Waals surface area contributed by atoms with Crippen LogP contribution in [0.2, 0.25) is 0 Å². The van der Waals surface area contributed by atoms with Crippen molar-refractivity contribution < 1.29 is 0 Å². The molecule has 0 atom stereocenters.